The first-order chi connectivity index (χ1) is 15.3. The molecule has 4 aromatic rings. The van der Waals surface area contributed by atoms with Crippen LogP contribution in [0.4, 0.5) is 0 Å². The Morgan fingerprint density at radius 3 is 2.47 bits per heavy atom. The zero-order chi connectivity index (χ0) is 22.9. The first kappa shape index (κ1) is 21.7. The SMILES string of the molecule is NC(=O)C(c1ccc(-n2cc(-c3ccccn3)cn2)c(S(N)(=O)=O)c1)c1ccccc1Cl. The number of amides is 1. The number of nitrogens with two attached hydrogens (primary N) is 2. The molecule has 4 N–H and O–H groups in total. The van der Waals surface area contributed by atoms with Crippen LogP contribution in [0, 0.1) is 0 Å². The highest BCUT2D eigenvalue weighted by Crippen LogP contribution is 2.33. The van der Waals surface area contributed by atoms with Crippen molar-refractivity contribution in [3.8, 4) is 16.9 Å². The number of sulfonamides is 1. The number of carbonyl (C=O) groups is 1. The molecule has 1 unspecified atom stereocenters. The molecule has 0 saturated carbocycles. The zero-order valence-electron chi connectivity index (χ0n) is 16.6. The van der Waals surface area contributed by atoms with E-state index < -0.39 is 21.8 Å². The van der Waals surface area contributed by atoms with E-state index in [9.17, 15) is 13.2 Å². The average Bonchev–Trinajstić information content (AvgIpc) is 3.25. The predicted octanol–water partition coefficient (Wildman–Crippen LogP) is 2.85. The van der Waals surface area contributed by atoms with Gasteiger partial charge in [0, 0.05) is 23.0 Å². The van der Waals surface area contributed by atoms with E-state index in [0.717, 1.165) is 0 Å². The lowest BCUT2D eigenvalue weighted by atomic mass is 9.90. The van der Waals surface area contributed by atoms with E-state index in [4.69, 9.17) is 22.5 Å². The van der Waals surface area contributed by atoms with Gasteiger partial charge in [-0.3, -0.25) is 9.78 Å². The summed E-state index contributed by atoms with van der Waals surface area (Å²) < 4.78 is 26.3. The molecule has 2 aromatic heterocycles. The number of aromatic nitrogens is 3. The van der Waals surface area contributed by atoms with Gasteiger partial charge in [0.15, 0.2) is 0 Å². The maximum absolute atomic E-state index is 12.4. The summed E-state index contributed by atoms with van der Waals surface area (Å²) in [6.45, 7) is 0. The molecular formula is C22H18ClN5O3S. The quantitative estimate of drug-likeness (QED) is 0.449. The molecule has 0 spiro atoms. The molecule has 4 rings (SSSR count). The molecule has 0 aliphatic heterocycles. The Kier molecular flexibility index (Phi) is 5.79. The van der Waals surface area contributed by atoms with Crippen LogP contribution < -0.4 is 10.9 Å². The van der Waals surface area contributed by atoms with Gasteiger partial charge in [-0.15, -0.1) is 0 Å². The highest BCUT2D eigenvalue weighted by molar-refractivity contribution is 7.89. The summed E-state index contributed by atoms with van der Waals surface area (Å²) in [5, 5.41) is 10.1. The molecule has 0 saturated heterocycles. The summed E-state index contributed by atoms with van der Waals surface area (Å²) in [7, 11) is -4.17. The van der Waals surface area contributed by atoms with Crippen LogP contribution in [0.5, 0.6) is 0 Å². The number of halogens is 1. The Bertz CT molecular complexity index is 1400. The highest BCUT2D eigenvalue weighted by Gasteiger charge is 2.26. The molecule has 0 radical (unpaired) electrons. The third kappa shape index (κ3) is 4.26. The Morgan fingerprint density at radius 2 is 1.81 bits per heavy atom. The summed E-state index contributed by atoms with van der Waals surface area (Å²) in [6.07, 6.45) is 4.86. The number of primary amides is 1. The van der Waals surface area contributed by atoms with Crippen LogP contribution in [0.2, 0.25) is 5.02 Å². The van der Waals surface area contributed by atoms with Gasteiger partial charge >= 0.3 is 0 Å². The van der Waals surface area contributed by atoms with E-state index in [-0.39, 0.29) is 10.6 Å². The van der Waals surface area contributed by atoms with Crippen LogP contribution in [0.1, 0.15) is 17.0 Å². The van der Waals surface area contributed by atoms with Gasteiger partial charge < -0.3 is 5.73 Å². The van der Waals surface area contributed by atoms with Crippen molar-refractivity contribution in [2.45, 2.75) is 10.8 Å². The standard InChI is InChI=1S/C22H18ClN5O3S/c23-17-6-2-1-5-16(17)21(22(24)29)14-8-9-19(20(11-14)32(25,30)31)28-13-15(12-27-28)18-7-3-4-10-26-18/h1-13,21H,(H2,24,29)(H2,25,30,31). The largest absolute Gasteiger partial charge is 0.369 e. The Morgan fingerprint density at radius 1 is 1.06 bits per heavy atom. The number of rotatable bonds is 6. The molecule has 0 bridgehead atoms. The maximum atomic E-state index is 12.4. The minimum Gasteiger partial charge on any atom is -0.369 e. The third-order valence-corrected chi connectivity index (χ3v) is 6.20. The van der Waals surface area contributed by atoms with Crippen molar-refractivity contribution < 1.29 is 13.2 Å². The van der Waals surface area contributed by atoms with Gasteiger partial charge in [-0.1, -0.05) is 41.9 Å². The van der Waals surface area contributed by atoms with Gasteiger partial charge in [-0.25, -0.2) is 18.2 Å². The number of nitrogens with zero attached hydrogens (tertiary/aromatic N) is 3. The summed E-state index contributed by atoms with van der Waals surface area (Å²) in [5.41, 5.74) is 8.05. The third-order valence-electron chi connectivity index (χ3n) is 4.91. The second-order valence-electron chi connectivity index (χ2n) is 7.02. The predicted molar refractivity (Wildman–Crippen MR) is 121 cm³/mol. The molecular weight excluding hydrogens is 450 g/mol. The molecule has 10 heteroatoms. The van der Waals surface area contributed by atoms with Crippen molar-refractivity contribution in [2.24, 2.45) is 10.9 Å². The second kappa shape index (κ2) is 8.54. The summed E-state index contributed by atoms with van der Waals surface area (Å²) in [5.74, 6) is -1.64. The van der Waals surface area contributed by atoms with Crippen LogP contribution in [0.3, 0.4) is 0 Å². The summed E-state index contributed by atoms with van der Waals surface area (Å²) in [4.78, 5) is 16.3. The molecule has 8 nitrogen and oxygen atoms in total. The highest BCUT2D eigenvalue weighted by atomic mass is 35.5. The fourth-order valence-corrected chi connectivity index (χ4v) is 4.45. The molecule has 2 heterocycles. The van der Waals surface area contributed by atoms with Gasteiger partial charge in [0.2, 0.25) is 15.9 Å². The van der Waals surface area contributed by atoms with Crippen molar-refractivity contribution in [1.29, 1.82) is 0 Å². The van der Waals surface area contributed by atoms with Crippen LogP contribution in [-0.4, -0.2) is 29.1 Å². The molecule has 0 fully saturated rings. The van der Waals surface area contributed by atoms with E-state index in [2.05, 4.69) is 10.1 Å². The molecule has 1 amide bonds. The number of benzene rings is 2. The lowest BCUT2D eigenvalue weighted by Crippen LogP contribution is -2.24. The number of carbonyl (C=O) groups excluding carboxylic acids is 1. The second-order valence-corrected chi connectivity index (χ2v) is 8.95. The molecule has 0 aliphatic carbocycles. The Labute approximate surface area is 189 Å². The van der Waals surface area contributed by atoms with Crippen LogP contribution in [0.25, 0.3) is 16.9 Å². The minimum atomic E-state index is -4.17. The number of hydrogen-bond acceptors (Lipinski definition) is 5. The smallest absolute Gasteiger partial charge is 0.240 e. The molecule has 0 aliphatic rings. The van der Waals surface area contributed by atoms with Crippen molar-refractivity contribution in [1.82, 2.24) is 14.8 Å². The van der Waals surface area contributed by atoms with Crippen molar-refractivity contribution in [3.05, 3.63) is 95.4 Å². The monoisotopic (exact) mass is 467 g/mol. The van der Waals surface area contributed by atoms with E-state index in [1.165, 1.54) is 16.8 Å². The van der Waals surface area contributed by atoms with Crippen LogP contribution in [-0.2, 0) is 14.8 Å². The first-order valence-electron chi connectivity index (χ1n) is 9.42. The van der Waals surface area contributed by atoms with Gasteiger partial charge in [0.1, 0.15) is 4.90 Å². The van der Waals surface area contributed by atoms with Crippen LogP contribution in [0.15, 0.2) is 84.1 Å². The summed E-state index contributed by atoms with van der Waals surface area (Å²) >= 11 is 6.26. The average molecular weight is 468 g/mol. The normalized spacial score (nSPS) is 12.4. The van der Waals surface area contributed by atoms with Gasteiger partial charge in [0.05, 0.1) is 23.5 Å². The van der Waals surface area contributed by atoms with Gasteiger partial charge in [-0.2, -0.15) is 5.10 Å². The maximum Gasteiger partial charge on any atom is 0.240 e. The Balaban J connectivity index is 1.84. The lowest BCUT2D eigenvalue weighted by Gasteiger charge is -2.18. The summed E-state index contributed by atoms with van der Waals surface area (Å²) in [6, 6.07) is 16.6. The lowest BCUT2D eigenvalue weighted by molar-refractivity contribution is -0.118. The number of hydrogen-bond donors (Lipinski definition) is 2. The van der Waals surface area contributed by atoms with E-state index in [1.807, 2.05) is 12.1 Å². The fourth-order valence-electron chi connectivity index (χ4n) is 3.45. The Hall–Kier alpha value is -3.53. The minimum absolute atomic E-state index is 0.205. The number of primary sulfonamides is 1. The van der Waals surface area contributed by atoms with Crippen molar-refractivity contribution in [2.75, 3.05) is 0 Å². The number of pyridine rings is 1. The van der Waals surface area contributed by atoms with Crippen LogP contribution >= 0.6 is 11.6 Å². The van der Waals surface area contributed by atoms with Crippen molar-refractivity contribution >= 4 is 27.5 Å². The molecule has 32 heavy (non-hydrogen) atoms. The first-order valence-corrected chi connectivity index (χ1v) is 11.3. The van der Waals surface area contributed by atoms with Gasteiger partial charge in [-0.05, 0) is 41.5 Å². The molecule has 162 valence electrons. The van der Waals surface area contributed by atoms with E-state index in [0.29, 0.717) is 27.4 Å². The van der Waals surface area contributed by atoms with Crippen molar-refractivity contribution in [3.63, 3.8) is 0 Å². The van der Waals surface area contributed by atoms with E-state index in [1.54, 1.807) is 55.0 Å². The fraction of sp³-hybridized carbons (Fsp3) is 0.0455. The molecule has 2 aromatic carbocycles. The zero-order valence-corrected chi connectivity index (χ0v) is 18.2. The van der Waals surface area contributed by atoms with Gasteiger partial charge in [0.25, 0.3) is 0 Å². The molecule has 1 atom stereocenters. The topological polar surface area (TPSA) is 134 Å². The van der Waals surface area contributed by atoms with E-state index >= 15 is 0 Å².